The average Bonchev–Trinajstić information content (AvgIpc) is 2.29. The van der Waals surface area contributed by atoms with Crippen molar-refractivity contribution in [2.24, 2.45) is 0 Å². The largest absolute Gasteiger partial charge is 0.382 e. The van der Waals surface area contributed by atoms with E-state index in [9.17, 15) is 8.42 Å². The minimum Gasteiger partial charge on any atom is -0.382 e. The summed E-state index contributed by atoms with van der Waals surface area (Å²) in [6.07, 6.45) is 5.71. The third kappa shape index (κ3) is 4.69. The zero-order valence-corrected chi connectivity index (χ0v) is 12.3. The summed E-state index contributed by atoms with van der Waals surface area (Å²) in [5.74, 6) is 0. The van der Waals surface area contributed by atoms with Gasteiger partial charge in [-0.25, -0.2) is 8.42 Å². The molecule has 0 atom stereocenters. The fourth-order valence-corrected chi connectivity index (χ4v) is 2.70. The van der Waals surface area contributed by atoms with Gasteiger partial charge >= 0.3 is 0 Å². The smallest absolute Gasteiger partial charge is 0.175 e. The molecule has 0 spiro atoms. The molecular weight excluding hydrogens is 246 g/mol. The lowest BCUT2D eigenvalue weighted by Crippen LogP contribution is -2.19. The maximum absolute atomic E-state index is 11.5. The summed E-state index contributed by atoms with van der Waals surface area (Å²) < 4.78 is 23.0. The molecule has 0 aliphatic carbocycles. The fourth-order valence-electron chi connectivity index (χ4n) is 2.04. The third-order valence-electron chi connectivity index (χ3n) is 2.91. The molecule has 1 aromatic rings. The van der Waals surface area contributed by atoms with E-state index in [1.807, 2.05) is 6.07 Å². The molecule has 0 unspecified atom stereocenters. The highest BCUT2D eigenvalue weighted by Gasteiger charge is 2.10. The molecule has 0 amide bonds. The molecule has 18 heavy (non-hydrogen) atoms. The molecule has 1 N–H and O–H groups in total. The van der Waals surface area contributed by atoms with Gasteiger partial charge in [0.05, 0.1) is 4.90 Å². The van der Waals surface area contributed by atoms with Crippen molar-refractivity contribution in [1.82, 2.24) is 0 Å². The van der Waals surface area contributed by atoms with E-state index in [2.05, 4.69) is 19.2 Å². The predicted molar refractivity (Wildman–Crippen MR) is 76.8 cm³/mol. The second kappa shape index (κ2) is 6.78. The molecule has 3 nitrogen and oxygen atoms in total. The van der Waals surface area contributed by atoms with Crippen molar-refractivity contribution >= 4 is 15.5 Å². The van der Waals surface area contributed by atoms with Gasteiger partial charge in [-0.05, 0) is 31.0 Å². The number of nitrogens with one attached hydrogen (secondary N) is 1. The van der Waals surface area contributed by atoms with Crippen LogP contribution in [0, 0.1) is 0 Å². The first-order chi connectivity index (χ1) is 8.47. The van der Waals surface area contributed by atoms with Crippen LogP contribution in [0.2, 0.25) is 0 Å². The monoisotopic (exact) mass is 269 g/mol. The van der Waals surface area contributed by atoms with Gasteiger partial charge in [0.1, 0.15) is 0 Å². The second-order valence-electron chi connectivity index (χ2n) is 4.72. The molecule has 0 fully saturated rings. The summed E-state index contributed by atoms with van der Waals surface area (Å²) in [4.78, 5) is 0.374. The Hall–Kier alpha value is -1.03. The molecule has 0 aliphatic heterocycles. The molecule has 0 radical (unpaired) electrons. The lowest BCUT2D eigenvalue weighted by Gasteiger charge is -2.19. The molecule has 102 valence electrons. The van der Waals surface area contributed by atoms with Crippen molar-refractivity contribution in [3.8, 4) is 0 Å². The Morgan fingerprint density at radius 3 is 2.28 bits per heavy atom. The van der Waals surface area contributed by atoms with Crippen LogP contribution in [-0.2, 0) is 9.84 Å². The van der Waals surface area contributed by atoms with Crippen molar-refractivity contribution in [3.05, 3.63) is 24.3 Å². The Kier molecular flexibility index (Phi) is 5.66. The Morgan fingerprint density at radius 1 is 1.17 bits per heavy atom. The van der Waals surface area contributed by atoms with E-state index in [0.29, 0.717) is 10.9 Å². The van der Waals surface area contributed by atoms with Gasteiger partial charge in [0.15, 0.2) is 9.84 Å². The summed E-state index contributed by atoms with van der Waals surface area (Å²) >= 11 is 0. The normalized spacial score (nSPS) is 11.8. The molecule has 0 saturated carbocycles. The van der Waals surface area contributed by atoms with E-state index in [0.717, 1.165) is 31.4 Å². The van der Waals surface area contributed by atoms with E-state index in [-0.39, 0.29) is 0 Å². The van der Waals surface area contributed by atoms with E-state index in [1.54, 1.807) is 18.2 Å². The second-order valence-corrected chi connectivity index (χ2v) is 6.73. The van der Waals surface area contributed by atoms with Crippen LogP contribution in [0.4, 0.5) is 5.69 Å². The highest BCUT2D eigenvalue weighted by atomic mass is 32.2. The number of rotatable bonds is 7. The van der Waals surface area contributed by atoms with Crippen molar-refractivity contribution in [2.45, 2.75) is 50.5 Å². The Morgan fingerprint density at radius 2 is 1.78 bits per heavy atom. The minimum absolute atomic E-state index is 0.374. The average molecular weight is 269 g/mol. The van der Waals surface area contributed by atoms with Gasteiger partial charge in [0.25, 0.3) is 0 Å². The zero-order valence-electron chi connectivity index (χ0n) is 11.4. The molecule has 1 aromatic carbocycles. The van der Waals surface area contributed by atoms with Gasteiger partial charge < -0.3 is 5.32 Å². The number of hydrogen-bond acceptors (Lipinski definition) is 3. The standard InChI is InChI=1S/C14H23NO2S/c1-4-7-12(8-5-2)15-13-9-6-10-14(11-13)18(3,16)17/h6,9-12,15H,4-5,7-8H2,1-3H3. The van der Waals surface area contributed by atoms with Gasteiger partial charge in [0, 0.05) is 18.0 Å². The van der Waals surface area contributed by atoms with Crippen molar-refractivity contribution < 1.29 is 8.42 Å². The van der Waals surface area contributed by atoms with Crippen LogP contribution in [0.15, 0.2) is 29.2 Å². The van der Waals surface area contributed by atoms with Crippen LogP contribution in [0.25, 0.3) is 0 Å². The molecule has 4 heteroatoms. The Labute approximate surface area is 111 Å². The van der Waals surface area contributed by atoms with E-state index < -0.39 is 9.84 Å². The highest BCUT2D eigenvalue weighted by Crippen LogP contribution is 2.18. The maximum Gasteiger partial charge on any atom is 0.175 e. The lowest BCUT2D eigenvalue weighted by atomic mass is 10.1. The Balaban J connectivity index is 2.83. The first kappa shape index (κ1) is 15.0. The topological polar surface area (TPSA) is 46.2 Å². The van der Waals surface area contributed by atoms with E-state index in [4.69, 9.17) is 0 Å². The first-order valence-electron chi connectivity index (χ1n) is 6.54. The number of anilines is 1. The zero-order chi connectivity index (χ0) is 13.6. The first-order valence-corrected chi connectivity index (χ1v) is 8.43. The van der Waals surface area contributed by atoms with Crippen LogP contribution in [0.1, 0.15) is 39.5 Å². The van der Waals surface area contributed by atoms with E-state index >= 15 is 0 Å². The summed E-state index contributed by atoms with van der Waals surface area (Å²) in [6, 6.07) is 7.48. The van der Waals surface area contributed by atoms with Crippen LogP contribution in [0.3, 0.4) is 0 Å². The summed E-state index contributed by atoms with van der Waals surface area (Å²) in [5.41, 5.74) is 0.893. The van der Waals surface area contributed by atoms with Gasteiger partial charge in [-0.2, -0.15) is 0 Å². The number of hydrogen-bond donors (Lipinski definition) is 1. The molecule has 0 aliphatic rings. The van der Waals surface area contributed by atoms with Crippen LogP contribution in [0.5, 0.6) is 0 Å². The van der Waals surface area contributed by atoms with Crippen molar-refractivity contribution in [1.29, 1.82) is 0 Å². The highest BCUT2D eigenvalue weighted by molar-refractivity contribution is 7.90. The summed E-state index contributed by atoms with van der Waals surface area (Å²) in [6.45, 7) is 4.33. The molecule has 0 heterocycles. The van der Waals surface area contributed by atoms with Crippen molar-refractivity contribution in [2.75, 3.05) is 11.6 Å². The molecule has 0 saturated heterocycles. The molecule has 0 bridgehead atoms. The minimum atomic E-state index is -3.13. The number of sulfone groups is 1. The lowest BCUT2D eigenvalue weighted by molar-refractivity contribution is 0.586. The van der Waals surface area contributed by atoms with Crippen LogP contribution in [-0.4, -0.2) is 20.7 Å². The summed E-state index contributed by atoms with van der Waals surface area (Å²) in [7, 11) is -3.13. The summed E-state index contributed by atoms with van der Waals surface area (Å²) in [5, 5.41) is 3.43. The van der Waals surface area contributed by atoms with E-state index in [1.165, 1.54) is 6.26 Å². The third-order valence-corrected chi connectivity index (χ3v) is 4.02. The van der Waals surface area contributed by atoms with Crippen molar-refractivity contribution in [3.63, 3.8) is 0 Å². The maximum atomic E-state index is 11.5. The molecular formula is C14H23NO2S. The van der Waals surface area contributed by atoms with Gasteiger partial charge in [-0.1, -0.05) is 32.8 Å². The molecule has 1 rings (SSSR count). The van der Waals surface area contributed by atoms with Gasteiger partial charge in [-0.15, -0.1) is 0 Å². The molecule has 0 aromatic heterocycles. The van der Waals surface area contributed by atoms with Crippen LogP contribution >= 0.6 is 0 Å². The fraction of sp³-hybridized carbons (Fsp3) is 0.571. The Bertz CT molecular complexity index is 462. The van der Waals surface area contributed by atoms with Gasteiger partial charge in [-0.3, -0.25) is 0 Å². The number of benzene rings is 1. The predicted octanol–water partition coefficient (Wildman–Crippen LogP) is 3.47. The van der Waals surface area contributed by atoms with Crippen LogP contribution < -0.4 is 5.32 Å². The van der Waals surface area contributed by atoms with Gasteiger partial charge in [0.2, 0.25) is 0 Å². The quantitative estimate of drug-likeness (QED) is 0.824. The SMILES string of the molecule is CCCC(CCC)Nc1cccc(S(C)(=O)=O)c1.